The van der Waals surface area contributed by atoms with Crippen molar-refractivity contribution in [3.05, 3.63) is 89.6 Å². The molecular weight excluding hydrogens is 646 g/mol. The predicted molar refractivity (Wildman–Crippen MR) is 175 cm³/mol. The zero-order valence-corrected chi connectivity index (χ0v) is 26.8. The third kappa shape index (κ3) is 8.32. The van der Waals surface area contributed by atoms with Gasteiger partial charge in [0.1, 0.15) is 18.2 Å². The van der Waals surface area contributed by atoms with Gasteiger partial charge in [-0.3, -0.25) is 14.9 Å². The van der Waals surface area contributed by atoms with Gasteiger partial charge in [-0.15, -0.1) is 6.58 Å². The average Bonchev–Trinajstić information content (AvgIpc) is 3.49. The van der Waals surface area contributed by atoms with E-state index >= 15 is 0 Å². The summed E-state index contributed by atoms with van der Waals surface area (Å²) in [6, 6.07) is 7.37. The maximum absolute atomic E-state index is 14.1. The van der Waals surface area contributed by atoms with Gasteiger partial charge in [0.15, 0.2) is 4.90 Å². The van der Waals surface area contributed by atoms with E-state index in [4.69, 9.17) is 9.47 Å². The number of allylic oxidation sites excluding steroid dienone is 1. The number of nitrogens with one attached hydrogen (secondary N) is 2. The van der Waals surface area contributed by atoms with Gasteiger partial charge in [-0.05, 0) is 48.9 Å². The highest BCUT2D eigenvalue weighted by Gasteiger charge is 2.45. The smallest absolute Gasteiger partial charge is 0.407 e. The molecule has 48 heavy (non-hydrogen) atoms. The summed E-state index contributed by atoms with van der Waals surface area (Å²) < 4.78 is 40.1. The number of alkyl carbamates (subject to hydrolysis) is 1. The molecule has 2 amide bonds. The summed E-state index contributed by atoms with van der Waals surface area (Å²) >= 11 is 0. The molecule has 2 aromatic carbocycles. The highest BCUT2D eigenvalue weighted by atomic mass is 32.2. The summed E-state index contributed by atoms with van der Waals surface area (Å²) in [5.74, 6) is -2.09. The first-order valence-corrected chi connectivity index (χ1v) is 16.4. The van der Waals surface area contributed by atoms with E-state index in [1.54, 1.807) is 18.2 Å². The number of carbonyl (C=O) groups is 3. The van der Waals surface area contributed by atoms with Crippen molar-refractivity contribution in [3.8, 4) is 5.88 Å². The molecule has 0 aliphatic carbocycles. The van der Waals surface area contributed by atoms with Crippen LogP contribution in [0.4, 0.5) is 10.5 Å². The van der Waals surface area contributed by atoms with Crippen LogP contribution in [-0.4, -0.2) is 83.7 Å². The van der Waals surface area contributed by atoms with Crippen molar-refractivity contribution in [2.75, 3.05) is 13.2 Å². The van der Waals surface area contributed by atoms with Crippen LogP contribution in [0.3, 0.4) is 0 Å². The Kier molecular flexibility index (Phi) is 11.5. The van der Waals surface area contributed by atoms with Gasteiger partial charge in [-0.1, -0.05) is 43.0 Å². The molecule has 1 saturated heterocycles. The minimum absolute atomic E-state index is 0.0436. The Morgan fingerprint density at radius 2 is 1.96 bits per heavy atom. The van der Waals surface area contributed by atoms with Crippen molar-refractivity contribution in [1.82, 2.24) is 19.9 Å². The largest absolute Gasteiger partial charge is 0.480 e. The fourth-order valence-corrected chi connectivity index (χ4v) is 6.68. The fraction of sp³-hybridized carbons (Fsp3) is 0.312. The molecule has 4 rings (SSSR count). The normalized spacial score (nSPS) is 17.2. The molecule has 16 heteroatoms. The minimum atomic E-state index is -4.63. The number of nitro benzene ring substituents is 1. The number of nitro groups is 1. The molecule has 1 aliphatic heterocycles. The Bertz CT molecular complexity index is 1830. The van der Waals surface area contributed by atoms with Crippen molar-refractivity contribution in [3.63, 3.8) is 0 Å². The summed E-state index contributed by atoms with van der Waals surface area (Å²) in [5.41, 5.74) is 0.0944. The van der Waals surface area contributed by atoms with E-state index in [9.17, 15) is 38.0 Å². The highest BCUT2D eigenvalue weighted by Crippen LogP contribution is 2.30. The fourth-order valence-electron chi connectivity index (χ4n) is 5.25. The standard InChI is InChI=1S/C32H35N5O10S/c1-4-6-9-16-46-32(41)34-28(20(3)35-48(44,45)27-11-8-7-10-25(27)37(42)43)30(38)36-19-23(18-26(36)31(39)40)47-29-24-17-21(5-2)12-13-22(24)14-15-33-29/h4-5,7-8,10-15,17,20,23,26,28,35H,1-2,6,9,16,18-19H2,3H3,(H,34,41)(H,39,40). The molecule has 4 atom stereocenters. The van der Waals surface area contributed by atoms with Crippen LogP contribution in [-0.2, 0) is 24.3 Å². The highest BCUT2D eigenvalue weighted by molar-refractivity contribution is 7.89. The van der Waals surface area contributed by atoms with Gasteiger partial charge >= 0.3 is 12.1 Å². The van der Waals surface area contributed by atoms with Crippen molar-refractivity contribution in [2.24, 2.45) is 0 Å². The number of aromatic nitrogens is 1. The third-order valence-electron chi connectivity index (χ3n) is 7.62. The van der Waals surface area contributed by atoms with Crippen LogP contribution in [0.15, 0.2) is 78.9 Å². The molecule has 0 radical (unpaired) electrons. The molecule has 3 N–H and O–H groups in total. The lowest BCUT2D eigenvalue weighted by Gasteiger charge is -2.30. The third-order valence-corrected chi connectivity index (χ3v) is 9.22. The molecule has 254 valence electrons. The number of benzene rings is 2. The number of carbonyl (C=O) groups excluding carboxylic acids is 2. The number of nitrogens with zero attached hydrogens (tertiary/aromatic N) is 3. The zero-order valence-electron chi connectivity index (χ0n) is 26.0. The summed E-state index contributed by atoms with van der Waals surface area (Å²) in [5, 5.41) is 25.4. The Hall–Kier alpha value is -5.35. The quantitative estimate of drug-likeness (QED) is 0.0913. The number of ether oxygens (including phenoxy) is 2. The number of rotatable bonds is 15. The lowest BCUT2D eigenvalue weighted by molar-refractivity contribution is -0.387. The number of amides is 2. The Morgan fingerprint density at radius 1 is 1.21 bits per heavy atom. The van der Waals surface area contributed by atoms with Gasteiger partial charge in [0.25, 0.3) is 5.69 Å². The van der Waals surface area contributed by atoms with E-state index in [1.165, 1.54) is 25.3 Å². The lowest BCUT2D eigenvalue weighted by Crippen LogP contribution is -2.59. The van der Waals surface area contributed by atoms with E-state index in [2.05, 4.69) is 28.2 Å². The molecule has 15 nitrogen and oxygen atoms in total. The molecular formula is C32H35N5O10S. The Morgan fingerprint density at radius 3 is 2.65 bits per heavy atom. The number of sulfonamides is 1. The van der Waals surface area contributed by atoms with E-state index in [-0.39, 0.29) is 25.5 Å². The SMILES string of the molecule is C=CCCCOC(=O)NC(C(=O)N1CC(Oc2nccc3ccc(C=C)cc23)CC1C(=O)O)C(C)NS(=O)(=O)c1ccccc1[N+](=O)[O-]. The number of carboxylic acid groups (broad SMARTS) is 1. The van der Waals surface area contributed by atoms with Gasteiger partial charge in [0, 0.05) is 30.1 Å². The second kappa shape index (κ2) is 15.5. The van der Waals surface area contributed by atoms with Crippen molar-refractivity contribution in [2.45, 2.75) is 55.3 Å². The van der Waals surface area contributed by atoms with Gasteiger partial charge in [0.05, 0.1) is 18.1 Å². The molecule has 1 fully saturated rings. The number of hydrogen-bond donors (Lipinski definition) is 3. The zero-order chi connectivity index (χ0) is 35.0. The number of pyridine rings is 1. The number of aliphatic carboxylic acids is 1. The number of hydrogen-bond acceptors (Lipinski definition) is 10. The van der Waals surface area contributed by atoms with E-state index in [1.807, 2.05) is 18.2 Å². The number of carboxylic acids is 1. The maximum Gasteiger partial charge on any atom is 0.407 e. The molecule has 1 aliphatic rings. The second-order valence-electron chi connectivity index (χ2n) is 10.9. The van der Waals surface area contributed by atoms with E-state index in [0.717, 1.165) is 28.0 Å². The first-order chi connectivity index (χ1) is 22.9. The van der Waals surface area contributed by atoms with Gasteiger partial charge in [0.2, 0.25) is 21.8 Å². The summed E-state index contributed by atoms with van der Waals surface area (Å²) in [6.45, 7) is 8.32. The predicted octanol–water partition coefficient (Wildman–Crippen LogP) is 3.65. The van der Waals surface area contributed by atoms with Crippen molar-refractivity contribution < 1.29 is 42.3 Å². The number of likely N-dealkylation sites (tertiary alicyclic amines) is 1. The Balaban J connectivity index is 1.62. The van der Waals surface area contributed by atoms with Crippen molar-refractivity contribution >= 4 is 50.5 Å². The second-order valence-corrected chi connectivity index (χ2v) is 12.6. The number of fused-ring (bicyclic) bond motifs is 1. The average molecular weight is 682 g/mol. The molecule has 2 heterocycles. The lowest BCUT2D eigenvalue weighted by atomic mass is 10.1. The molecule has 4 unspecified atom stereocenters. The molecule has 0 spiro atoms. The molecule has 0 bridgehead atoms. The number of unbranched alkanes of at least 4 members (excludes halogenated alkanes) is 1. The van der Waals surface area contributed by atoms with E-state index < -0.39 is 67.7 Å². The maximum atomic E-state index is 14.1. The minimum Gasteiger partial charge on any atom is -0.480 e. The van der Waals surface area contributed by atoms with Crippen molar-refractivity contribution in [1.29, 1.82) is 0 Å². The molecule has 1 aromatic heterocycles. The van der Waals surface area contributed by atoms with Crippen LogP contribution >= 0.6 is 0 Å². The van der Waals surface area contributed by atoms with Crippen LogP contribution in [0, 0.1) is 10.1 Å². The summed E-state index contributed by atoms with van der Waals surface area (Å²) in [4.78, 5) is 54.5. The summed E-state index contributed by atoms with van der Waals surface area (Å²) in [6.07, 6.45) is 3.72. The Labute approximate surface area is 276 Å². The van der Waals surface area contributed by atoms with Crippen LogP contribution < -0.4 is 14.8 Å². The molecule has 3 aromatic rings. The van der Waals surface area contributed by atoms with Gasteiger partial charge in [-0.25, -0.2) is 27.7 Å². The van der Waals surface area contributed by atoms with Crippen LogP contribution in [0.2, 0.25) is 0 Å². The van der Waals surface area contributed by atoms with Crippen LogP contribution in [0.25, 0.3) is 16.8 Å². The van der Waals surface area contributed by atoms with Crippen LogP contribution in [0.5, 0.6) is 5.88 Å². The number of para-hydroxylation sites is 1. The van der Waals surface area contributed by atoms with Gasteiger partial charge < -0.3 is 24.8 Å². The monoisotopic (exact) mass is 681 g/mol. The molecule has 0 saturated carbocycles. The van der Waals surface area contributed by atoms with Crippen LogP contribution in [0.1, 0.15) is 31.7 Å². The topological polar surface area (TPSA) is 207 Å². The van der Waals surface area contributed by atoms with E-state index in [0.29, 0.717) is 18.2 Å². The first-order valence-electron chi connectivity index (χ1n) is 14.9. The first kappa shape index (κ1) is 35.5. The van der Waals surface area contributed by atoms with Gasteiger partial charge in [-0.2, -0.15) is 0 Å². The summed E-state index contributed by atoms with van der Waals surface area (Å²) in [7, 11) is -4.63.